The first-order valence-corrected chi connectivity index (χ1v) is 12.2. The molecule has 1 unspecified atom stereocenters. The van der Waals surface area contributed by atoms with E-state index in [0.29, 0.717) is 35.5 Å². The molecule has 0 radical (unpaired) electrons. The second-order valence-corrected chi connectivity index (χ2v) is 8.19. The number of terminal acetylenes is 1. The molecule has 0 saturated carbocycles. The zero-order valence-corrected chi connectivity index (χ0v) is 23.0. The van der Waals surface area contributed by atoms with Crippen molar-refractivity contribution in [3.05, 3.63) is 71.5 Å². The number of benzene rings is 1. The van der Waals surface area contributed by atoms with Crippen molar-refractivity contribution in [2.75, 3.05) is 20.2 Å². The van der Waals surface area contributed by atoms with Crippen LogP contribution in [0.2, 0.25) is 0 Å². The van der Waals surface area contributed by atoms with Gasteiger partial charge in [-0.15, -0.1) is 12.8 Å². The molecule has 196 valence electrons. The second-order valence-electron chi connectivity index (χ2n) is 8.19. The molecular weight excluding hydrogens is 450 g/mol. The van der Waals surface area contributed by atoms with E-state index in [2.05, 4.69) is 56.6 Å². The number of pyridine rings is 1. The number of hydrogen-bond acceptors (Lipinski definition) is 5. The van der Waals surface area contributed by atoms with E-state index in [4.69, 9.17) is 15.2 Å². The lowest BCUT2D eigenvalue weighted by atomic mass is 9.99. The van der Waals surface area contributed by atoms with E-state index in [9.17, 15) is 4.79 Å². The Labute approximate surface area is 218 Å². The molecule has 6 nitrogen and oxygen atoms in total. The van der Waals surface area contributed by atoms with E-state index in [-0.39, 0.29) is 0 Å². The molecule has 1 aromatic carbocycles. The van der Waals surface area contributed by atoms with E-state index in [1.165, 1.54) is 11.8 Å². The number of hydrogen-bond donors (Lipinski definition) is 1. The van der Waals surface area contributed by atoms with Crippen molar-refractivity contribution in [2.24, 2.45) is 11.7 Å². The first-order valence-electron chi connectivity index (χ1n) is 12.2. The summed E-state index contributed by atoms with van der Waals surface area (Å²) in [5.41, 5.74) is 8.17. The van der Waals surface area contributed by atoms with Crippen LogP contribution in [0, 0.1) is 18.8 Å². The van der Waals surface area contributed by atoms with Gasteiger partial charge < -0.3 is 20.1 Å². The smallest absolute Gasteiger partial charge is 0.250 e. The van der Waals surface area contributed by atoms with E-state index in [1.54, 1.807) is 12.1 Å². The average Bonchev–Trinajstić information content (AvgIpc) is 2.90. The molecule has 0 spiro atoms. The predicted molar refractivity (Wildman–Crippen MR) is 150 cm³/mol. The fourth-order valence-corrected chi connectivity index (χ4v) is 3.02. The summed E-state index contributed by atoms with van der Waals surface area (Å²) in [6, 6.07) is 9.14. The van der Waals surface area contributed by atoms with Gasteiger partial charge in [0.05, 0.1) is 12.2 Å². The summed E-state index contributed by atoms with van der Waals surface area (Å²) in [6.45, 7) is 14.9. The van der Waals surface area contributed by atoms with Gasteiger partial charge in [-0.05, 0) is 84.3 Å². The molecule has 6 heteroatoms. The third-order valence-corrected chi connectivity index (χ3v) is 5.51. The standard InChI is InChI=1S/C24H33N3O3.C4H8.C2H2/c1-6-17(3)18(4)12-13-27(5)16-19-8-10-21(22(14-19)29-7-2)30-23-11-9-20(15-26-23)24(25)28;1-3-4-2;1-2/h6,8-11,14-15,18H,7,12-13,16H2,1-5H3,(H2,25,28);3-4H,1-2H3;1-2H/b17-6+;4-3-;. The molecule has 0 aliphatic rings. The van der Waals surface area contributed by atoms with Crippen molar-refractivity contribution in [3.63, 3.8) is 0 Å². The van der Waals surface area contributed by atoms with Crippen LogP contribution in [0.1, 0.15) is 63.9 Å². The Bertz CT molecular complexity index is 975. The van der Waals surface area contributed by atoms with Gasteiger partial charge in [-0.2, -0.15) is 0 Å². The van der Waals surface area contributed by atoms with Crippen molar-refractivity contribution in [1.82, 2.24) is 9.88 Å². The quantitative estimate of drug-likeness (QED) is 0.281. The summed E-state index contributed by atoms with van der Waals surface area (Å²) < 4.78 is 11.7. The number of amides is 1. The zero-order valence-electron chi connectivity index (χ0n) is 23.0. The molecule has 0 saturated heterocycles. The predicted octanol–water partition coefficient (Wildman–Crippen LogP) is 6.63. The number of carbonyl (C=O) groups is 1. The molecule has 1 amide bonds. The first-order chi connectivity index (χ1) is 17.2. The Morgan fingerprint density at radius 1 is 1.14 bits per heavy atom. The normalized spacial score (nSPS) is 11.7. The summed E-state index contributed by atoms with van der Waals surface area (Å²) in [5.74, 6) is 1.69. The Morgan fingerprint density at radius 3 is 2.31 bits per heavy atom. The maximum atomic E-state index is 11.2. The molecule has 2 aromatic rings. The number of aromatic nitrogens is 1. The number of nitrogens with zero attached hydrogens (tertiary/aromatic N) is 2. The van der Waals surface area contributed by atoms with Crippen molar-refractivity contribution in [2.45, 2.75) is 54.5 Å². The molecule has 0 aliphatic carbocycles. The number of carbonyl (C=O) groups excluding carboxylic acids is 1. The highest BCUT2D eigenvalue weighted by molar-refractivity contribution is 5.92. The number of ether oxygens (including phenoxy) is 2. The maximum Gasteiger partial charge on any atom is 0.250 e. The van der Waals surface area contributed by atoms with E-state index in [0.717, 1.165) is 25.1 Å². The van der Waals surface area contributed by atoms with Gasteiger partial charge in [0, 0.05) is 18.8 Å². The second kappa shape index (κ2) is 18.7. The van der Waals surface area contributed by atoms with Crippen LogP contribution < -0.4 is 15.2 Å². The zero-order chi connectivity index (χ0) is 27.5. The summed E-state index contributed by atoms with van der Waals surface area (Å²) >= 11 is 0. The molecule has 2 rings (SSSR count). The number of primary amides is 1. The minimum Gasteiger partial charge on any atom is -0.490 e. The topological polar surface area (TPSA) is 77.7 Å². The van der Waals surface area contributed by atoms with Crippen LogP contribution in [0.25, 0.3) is 0 Å². The van der Waals surface area contributed by atoms with Crippen molar-refractivity contribution in [1.29, 1.82) is 0 Å². The number of nitrogens with two attached hydrogens (primary N) is 1. The third-order valence-electron chi connectivity index (χ3n) is 5.51. The molecule has 1 aromatic heterocycles. The molecule has 1 atom stereocenters. The average molecular weight is 494 g/mol. The van der Waals surface area contributed by atoms with Gasteiger partial charge in [-0.25, -0.2) is 4.98 Å². The van der Waals surface area contributed by atoms with Crippen LogP contribution in [0.3, 0.4) is 0 Å². The van der Waals surface area contributed by atoms with Crippen LogP contribution in [-0.2, 0) is 6.54 Å². The molecule has 0 bridgehead atoms. The Hall–Kier alpha value is -3.56. The largest absolute Gasteiger partial charge is 0.490 e. The first kappa shape index (κ1) is 32.4. The summed E-state index contributed by atoms with van der Waals surface area (Å²) in [5, 5.41) is 0. The monoisotopic (exact) mass is 493 g/mol. The highest BCUT2D eigenvalue weighted by Crippen LogP contribution is 2.32. The lowest BCUT2D eigenvalue weighted by Crippen LogP contribution is -2.21. The number of allylic oxidation sites excluding steroid dienone is 4. The highest BCUT2D eigenvalue weighted by Gasteiger charge is 2.12. The summed E-state index contributed by atoms with van der Waals surface area (Å²) in [7, 11) is 2.13. The number of rotatable bonds is 11. The lowest BCUT2D eigenvalue weighted by molar-refractivity contribution is 0.1000. The lowest BCUT2D eigenvalue weighted by Gasteiger charge is -2.20. The molecular formula is C30H43N3O3. The van der Waals surface area contributed by atoms with Gasteiger partial charge in [0.25, 0.3) is 0 Å². The van der Waals surface area contributed by atoms with E-state index in [1.807, 2.05) is 51.1 Å². The van der Waals surface area contributed by atoms with Gasteiger partial charge in [-0.3, -0.25) is 4.79 Å². The Morgan fingerprint density at radius 2 is 1.81 bits per heavy atom. The van der Waals surface area contributed by atoms with Gasteiger partial charge in [0.15, 0.2) is 11.5 Å². The SMILES string of the molecule is C#C.C/C=C(\C)C(C)CCN(C)Cc1ccc(Oc2ccc(C(N)=O)cn2)c(OCC)c1.C/C=C\C. The van der Waals surface area contributed by atoms with Crippen LogP contribution in [-0.4, -0.2) is 36.0 Å². The highest BCUT2D eigenvalue weighted by atomic mass is 16.5. The fourth-order valence-electron chi connectivity index (χ4n) is 3.02. The van der Waals surface area contributed by atoms with Gasteiger partial charge in [0.2, 0.25) is 11.8 Å². The Balaban J connectivity index is 0.00000185. The van der Waals surface area contributed by atoms with Crippen molar-refractivity contribution in [3.8, 4) is 30.2 Å². The molecule has 2 N–H and O–H groups in total. The van der Waals surface area contributed by atoms with Gasteiger partial charge in [0.1, 0.15) is 0 Å². The van der Waals surface area contributed by atoms with Gasteiger partial charge in [-0.1, -0.05) is 36.8 Å². The minimum absolute atomic E-state index is 0.338. The van der Waals surface area contributed by atoms with Crippen molar-refractivity contribution >= 4 is 5.91 Å². The van der Waals surface area contributed by atoms with Crippen LogP contribution in [0.15, 0.2) is 60.3 Å². The van der Waals surface area contributed by atoms with E-state index >= 15 is 0 Å². The van der Waals surface area contributed by atoms with E-state index < -0.39 is 5.91 Å². The van der Waals surface area contributed by atoms with Crippen LogP contribution in [0.5, 0.6) is 17.4 Å². The molecule has 0 aliphatic heterocycles. The maximum absolute atomic E-state index is 11.2. The summed E-state index contributed by atoms with van der Waals surface area (Å²) in [4.78, 5) is 17.6. The van der Waals surface area contributed by atoms with Crippen molar-refractivity contribution < 1.29 is 14.3 Å². The molecule has 0 fully saturated rings. The summed E-state index contributed by atoms with van der Waals surface area (Å²) in [6.07, 6.45) is 16.7. The van der Waals surface area contributed by atoms with Crippen LogP contribution >= 0.6 is 0 Å². The minimum atomic E-state index is -0.521. The van der Waals surface area contributed by atoms with Crippen LogP contribution in [0.4, 0.5) is 0 Å². The molecule has 36 heavy (non-hydrogen) atoms. The van der Waals surface area contributed by atoms with Gasteiger partial charge >= 0.3 is 0 Å². The Kier molecular flexibility index (Phi) is 16.9. The molecule has 1 heterocycles. The third kappa shape index (κ3) is 12.2. The fraction of sp³-hybridized carbons (Fsp3) is 0.400.